The molecular weight excluding hydrogens is 272 g/mol. The number of hydrogen-bond acceptors (Lipinski definition) is 4. The summed E-state index contributed by atoms with van der Waals surface area (Å²) in [5, 5.41) is 3.52. The summed E-state index contributed by atoms with van der Waals surface area (Å²) in [7, 11) is 0. The van der Waals surface area contributed by atoms with E-state index >= 15 is 0 Å². The molecule has 0 amide bonds. The van der Waals surface area contributed by atoms with E-state index in [1.54, 1.807) is 0 Å². The van der Waals surface area contributed by atoms with E-state index in [0.717, 1.165) is 24.9 Å². The van der Waals surface area contributed by atoms with E-state index in [1.165, 1.54) is 43.1 Å². The predicted molar refractivity (Wildman–Crippen MR) is 89.6 cm³/mol. The first-order valence-electron chi connectivity index (χ1n) is 8.28. The largest absolute Gasteiger partial charge is 0.356 e. The third-order valence-electron chi connectivity index (χ3n) is 5.26. The molecule has 2 saturated heterocycles. The molecule has 3 heterocycles. The molecule has 1 aromatic carbocycles. The molecule has 0 spiro atoms. The van der Waals surface area contributed by atoms with Crippen molar-refractivity contribution in [3.63, 3.8) is 0 Å². The van der Waals surface area contributed by atoms with Crippen LogP contribution in [0.2, 0.25) is 0 Å². The van der Waals surface area contributed by atoms with E-state index < -0.39 is 0 Å². The van der Waals surface area contributed by atoms with Gasteiger partial charge in [0.05, 0.1) is 12.7 Å². The van der Waals surface area contributed by atoms with Gasteiger partial charge >= 0.3 is 0 Å². The van der Waals surface area contributed by atoms with Gasteiger partial charge in [-0.1, -0.05) is 24.3 Å². The number of aliphatic imine (C=N–C) groups is 1. The van der Waals surface area contributed by atoms with E-state index in [1.807, 2.05) is 6.21 Å². The van der Waals surface area contributed by atoms with Crippen LogP contribution in [-0.4, -0.2) is 48.7 Å². The minimum absolute atomic E-state index is 0.812. The molecule has 3 aliphatic heterocycles. The topological polar surface area (TPSA) is 30.9 Å². The first-order valence-corrected chi connectivity index (χ1v) is 8.28. The summed E-state index contributed by atoms with van der Waals surface area (Å²) in [6, 6.07) is 8.68. The fourth-order valence-corrected chi connectivity index (χ4v) is 3.90. The normalized spacial score (nSPS) is 27.2. The molecule has 22 heavy (non-hydrogen) atoms. The molecular formula is C18H24N4. The van der Waals surface area contributed by atoms with Gasteiger partial charge in [-0.15, -0.1) is 0 Å². The van der Waals surface area contributed by atoms with Crippen LogP contribution < -0.4 is 5.32 Å². The van der Waals surface area contributed by atoms with E-state index in [2.05, 4.69) is 57.5 Å². The first kappa shape index (κ1) is 13.8. The molecule has 1 aromatic rings. The highest BCUT2D eigenvalue weighted by molar-refractivity contribution is 5.62. The minimum atomic E-state index is 0.812. The van der Waals surface area contributed by atoms with Gasteiger partial charge < -0.3 is 15.1 Å². The van der Waals surface area contributed by atoms with Crippen LogP contribution in [0, 0.1) is 18.8 Å². The van der Waals surface area contributed by atoms with Crippen LogP contribution in [0.1, 0.15) is 11.1 Å². The number of aryl methyl sites for hydroxylation is 1. The molecule has 0 unspecified atom stereocenters. The molecule has 116 valence electrons. The van der Waals surface area contributed by atoms with E-state index in [4.69, 9.17) is 0 Å². The number of hydrogen-bond donors (Lipinski definition) is 1. The average molecular weight is 296 g/mol. The van der Waals surface area contributed by atoms with E-state index in [0.29, 0.717) is 0 Å². The van der Waals surface area contributed by atoms with Crippen molar-refractivity contribution < 1.29 is 0 Å². The van der Waals surface area contributed by atoms with Crippen molar-refractivity contribution in [1.82, 2.24) is 15.1 Å². The third-order valence-corrected chi connectivity index (χ3v) is 5.26. The molecule has 4 rings (SSSR count). The number of rotatable bonds is 3. The van der Waals surface area contributed by atoms with Crippen molar-refractivity contribution in [2.75, 3.05) is 32.7 Å². The fourth-order valence-electron chi connectivity index (χ4n) is 3.90. The van der Waals surface area contributed by atoms with Crippen LogP contribution in [0.5, 0.6) is 0 Å². The SMILES string of the molecule is Cc1ccccc1CN1CC=NC=C1N1C[C@H]2CNC[C@H]2C1. The zero-order chi connectivity index (χ0) is 14.9. The lowest BCUT2D eigenvalue weighted by Crippen LogP contribution is -2.38. The highest BCUT2D eigenvalue weighted by Gasteiger charge is 2.38. The highest BCUT2D eigenvalue weighted by atomic mass is 15.4. The summed E-state index contributed by atoms with van der Waals surface area (Å²) < 4.78 is 0. The summed E-state index contributed by atoms with van der Waals surface area (Å²) in [5.74, 6) is 2.93. The van der Waals surface area contributed by atoms with Crippen LogP contribution in [-0.2, 0) is 6.54 Å². The smallest absolute Gasteiger partial charge is 0.123 e. The standard InChI is InChI=1S/C18H24N4/c1-14-4-2-3-5-15(14)11-21-7-6-19-10-18(21)22-12-16-8-20-9-17(16)13-22/h2-6,10,16-17,20H,7-9,11-13H2,1H3/t16-,17+. The first-order chi connectivity index (χ1) is 10.8. The van der Waals surface area contributed by atoms with Crippen molar-refractivity contribution >= 4 is 6.21 Å². The number of likely N-dealkylation sites (tertiary alicyclic amines) is 1. The second-order valence-electron chi connectivity index (χ2n) is 6.71. The summed E-state index contributed by atoms with van der Waals surface area (Å²) >= 11 is 0. The van der Waals surface area contributed by atoms with Gasteiger partial charge in [0.2, 0.25) is 0 Å². The van der Waals surface area contributed by atoms with Crippen molar-refractivity contribution in [3.05, 3.63) is 47.4 Å². The average Bonchev–Trinajstić information content (AvgIpc) is 3.11. The number of benzene rings is 1. The monoisotopic (exact) mass is 296 g/mol. The number of nitrogens with zero attached hydrogens (tertiary/aromatic N) is 3. The number of nitrogens with one attached hydrogen (secondary N) is 1. The Bertz CT molecular complexity index is 595. The van der Waals surface area contributed by atoms with Gasteiger partial charge in [-0.3, -0.25) is 4.99 Å². The maximum absolute atomic E-state index is 4.43. The van der Waals surface area contributed by atoms with Gasteiger partial charge in [-0.25, -0.2) is 0 Å². The molecule has 0 aromatic heterocycles. The molecule has 3 aliphatic rings. The van der Waals surface area contributed by atoms with Gasteiger partial charge in [0, 0.05) is 38.9 Å². The van der Waals surface area contributed by atoms with Gasteiger partial charge in [0.1, 0.15) is 5.82 Å². The Morgan fingerprint density at radius 3 is 2.73 bits per heavy atom. The molecule has 0 radical (unpaired) electrons. The summed E-state index contributed by atoms with van der Waals surface area (Å²) in [4.78, 5) is 9.43. The van der Waals surface area contributed by atoms with Crippen molar-refractivity contribution in [1.29, 1.82) is 0 Å². The third kappa shape index (κ3) is 2.52. The van der Waals surface area contributed by atoms with Crippen LogP contribution >= 0.6 is 0 Å². The van der Waals surface area contributed by atoms with Gasteiger partial charge in [-0.05, 0) is 29.9 Å². The Morgan fingerprint density at radius 2 is 1.95 bits per heavy atom. The summed E-state index contributed by atoms with van der Waals surface area (Å²) in [5.41, 5.74) is 2.77. The van der Waals surface area contributed by atoms with Gasteiger partial charge in [0.15, 0.2) is 0 Å². The predicted octanol–water partition coefficient (Wildman–Crippen LogP) is 1.83. The minimum Gasteiger partial charge on any atom is -0.356 e. The zero-order valence-corrected chi connectivity index (χ0v) is 13.2. The highest BCUT2D eigenvalue weighted by Crippen LogP contribution is 2.31. The van der Waals surface area contributed by atoms with Crippen LogP contribution in [0.15, 0.2) is 41.3 Å². The fraction of sp³-hybridized carbons (Fsp3) is 0.500. The Balaban J connectivity index is 1.51. The quantitative estimate of drug-likeness (QED) is 0.923. The Kier molecular flexibility index (Phi) is 3.62. The molecule has 0 saturated carbocycles. The second kappa shape index (κ2) is 5.76. The molecule has 0 aliphatic carbocycles. The van der Waals surface area contributed by atoms with Crippen molar-refractivity contribution in [2.24, 2.45) is 16.8 Å². The molecule has 4 nitrogen and oxygen atoms in total. The summed E-state index contributed by atoms with van der Waals surface area (Å²) in [6.45, 7) is 8.76. The molecule has 0 bridgehead atoms. The van der Waals surface area contributed by atoms with Crippen LogP contribution in [0.3, 0.4) is 0 Å². The summed E-state index contributed by atoms with van der Waals surface area (Å²) in [6.07, 6.45) is 4.07. The maximum Gasteiger partial charge on any atom is 0.123 e. The van der Waals surface area contributed by atoms with Crippen molar-refractivity contribution in [2.45, 2.75) is 13.5 Å². The maximum atomic E-state index is 4.43. The Hall–Kier alpha value is -1.81. The lowest BCUT2D eigenvalue weighted by Gasteiger charge is -2.34. The molecule has 2 fully saturated rings. The van der Waals surface area contributed by atoms with E-state index in [9.17, 15) is 0 Å². The Labute approximate surface area is 132 Å². The van der Waals surface area contributed by atoms with Gasteiger partial charge in [-0.2, -0.15) is 0 Å². The molecule has 1 N–H and O–H groups in total. The lowest BCUT2D eigenvalue weighted by molar-refractivity contribution is 0.236. The van der Waals surface area contributed by atoms with Gasteiger partial charge in [0.25, 0.3) is 0 Å². The van der Waals surface area contributed by atoms with Crippen molar-refractivity contribution in [3.8, 4) is 0 Å². The molecule has 4 heteroatoms. The Morgan fingerprint density at radius 1 is 1.18 bits per heavy atom. The number of fused-ring (bicyclic) bond motifs is 1. The van der Waals surface area contributed by atoms with Crippen LogP contribution in [0.4, 0.5) is 0 Å². The van der Waals surface area contributed by atoms with Crippen LogP contribution in [0.25, 0.3) is 0 Å². The lowest BCUT2D eigenvalue weighted by atomic mass is 10.0. The zero-order valence-electron chi connectivity index (χ0n) is 13.2. The second-order valence-corrected chi connectivity index (χ2v) is 6.71. The molecule has 2 atom stereocenters. The van der Waals surface area contributed by atoms with E-state index in [-0.39, 0.29) is 0 Å².